The topological polar surface area (TPSA) is 12.4 Å². The quantitative estimate of drug-likeness (QED) is 0.115. The van der Waals surface area contributed by atoms with Crippen LogP contribution in [0.3, 0.4) is 0 Å². The van der Waals surface area contributed by atoms with Crippen molar-refractivity contribution in [3.63, 3.8) is 0 Å². The molecular weight excluding hydrogens is 675 g/mol. The smallest absolute Gasteiger partial charge is 0.0662 e. The molecule has 1 heteroatoms. The molecule has 10 aromatic rings. The number of aryl methyl sites for hydroxylation is 1. The lowest BCUT2D eigenvalue weighted by atomic mass is 9.84. The summed E-state index contributed by atoms with van der Waals surface area (Å²) in [4.78, 5) is 5.24. The summed E-state index contributed by atoms with van der Waals surface area (Å²) in [5, 5.41) is 9.99. The molecule has 0 spiro atoms. The standard InChI is InChI=1S/C55H39N/c1-37-13-5-12-22-52(37)56-53(33-38-14-3-2-4-15-38)42-27-23-41(24-28-42)45-31-32-50-51(36-45)55(47-30-26-40-17-7-9-19-44(40)35-47)49-21-11-10-20-48(49)54(50)46-29-25-39-16-6-8-18-43(39)34-46/h2-32,34-36H,33H2,1H3. The molecule has 0 bridgehead atoms. The maximum Gasteiger partial charge on any atom is 0.0662 e. The first kappa shape index (κ1) is 33.5. The van der Waals surface area contributed by atoms with Crippen molar-refractivity contribution in [2.24, 2.45) is 4.99 Å². The van der Waals surface area contributed by atoms with E-state index >= 15 is 0 Å². The molecule has 0 fully saturated rings. The van der Waals surface area contributed by atoms with E-state index in [1.54, 1.807) is 0 Å². The lowest BCUT2D eigenvalue weighted by Gasteiger charge is -2.19. The fourth-order valence-electron chi connectivity index (χ4n) is 8.35. The molecule has 10 rings (SSSR count). The van der Waals surface area contributed by atoms with E-state index in [1.165, 1.54) is 87.6 Å². The number of para-hydroxylation sites is 1. The van der Waals surface area contributed by atoms with Gasteiger partial charge in [0.15, 0.2) is 0 Å². The summed E-state index contributed by atoms with van der Waals surface area (Å²) < 4.78 is 0. The van der Waals surface area contributed by atoms with Gasteiger partial charge in [-0.15, -0.1) is 0 Å². The third-order valence-corrected chi connectivity index (χ3v) is 11.2. The van der Waals surface area contributed by atoms with E-state index in [0.717, 1.165) is 23.4 Å². The molecule has 0 saturated carbocycles. The van der Waals surface area contributed by atoms with E-state index in [9.17, 15) is 0 Å². The summed E-state index contributed by atoms with van der Waals surface area (Å²) in [6, 6.07) is 75.1. The Morgan fingerprint density at radius 1 is 0.375 bits per heavy atom. The lowest BCUT2D eigenvalue weighted by molar-refractivity contribution is 1.29. The second kappa shape index (κ2) is 14.3. The number of fused-ring (bicyclic) bond motifs is 4. The van der Waals surface area contributed by atoms with Crippen molar-refractivity contribution in [2.45, 2.75) is 13.3 Å². The number of rotatable bonds is 7. The highest BCUT2D eigenvalue weighted by Gasteiger charge is 2.18. The molecule has 10 aromatic carbocycles. The third-order valence-electron chi connectivity index (χ3n) is 11.2. The van der Waals surface area contributed by atoms with Crippen LogP contribution in [0.5, 0.6) is 0 Å². The van der Waals surface area contributed by atoms with Crippen molar-refractivity contribution in [3.8, 4) is 33.4 Å². The summed E-state index contributed by atoms with van der Waals surface area (Å²) in [6.07, 6.45) is 0.754. The zero-order chi connectivity index (χ0) is 37.4. The van der Waals surface area contributed by atoms with E-state index in [2.05, 4.69) is 213 Å². The van der Waals surface area contributed by atoms with Gasteiger partial charge in [0, 0.05) is 6.42 Å². The average Bonchev–Trinajstić information content (AvgIpc) is 3.26. The molecule has 0 unspecified atom stereocenters. The second-order valence-corrected chi connectivity index (χ2v) is 14.8. The van der Waals surface area contributed by atoms with Crippen molar-refractivity contribution in [3.05, 3.63) is 223 Å². The maximum absolute atomic E-state index is 5.24. The number of nitrogens with zero attached hydrogens (tertiary/aromatic N) is 1. The van der Waals surface area contributed by atoms with Crippen LogP contribution in [0.2, 0.25) is 0 Å². The molecule has 264 valence electrons. The van der Waals surface area contributed by atoms with Gasteiger partial charge in [-0.1, -0.05) is 182 Å². The summed E-state index contributed by atoms with van der Waals surface area (Å²) in [7, 11) is 0. The first-order valence-electron chi connectivity index (χ1n) is 19.4. The van der Waals surface area contributed by atoms with Gasteiger partial charge < -0.3 is 0 Å². The molecule has 0 amide bonds. The van der Waals surface area contributed by atoms with Gasteiger partial charge in [0.1, 0.15) is 0 Å². The van der Waals surface area contributed by atoms with Gasteiger partial charge in [-0.3, -0.25) is 4.99 Å². The van der Waals surface area contributed by atoms with Crippen molar-refractivity contribution in [1.29, 1.82) is 0 Å². The fraction of sp³-hybridized carbons (Fsp3) is 0.0364. The van der Waals surface area contributed by atoms with Gasteiger partial charge >= 0.3 is 0 Å². The number of hydrogen-bond donors (Lipinski definition) is 0. The van der Waals surface area contributed by atoms with Crippen LogP contribution in [0.15, 0.2) is 211 Å². The van der Waals surface area contributed by atoms with Gasteiger partial charge in [0.25, 0.3) is 0 Å². The fourth-order valence-corrected chi connectivity index (χ4v) is 8.35. The minimum absolute atomic E-state index is 0.754. The van der Waals surface area contributed by atoms with Crippen molar-refractivity contribution in [2.75, 3.05) is 0 Å². The molecule has 0 radical (unpaired) electrons. The molecule has 0 aliphatic heterocycles. The van der Waals surface area contributed by atoms with Gasteiger partial charge in [-0.2, -0.15) is 0 Å². The molecule has 0 N–H and O–H groups in total. The van der Waals surface area contributed by atoms with Gasteiger partial charge in [-0.05, 0) is 124 Å². The van der Waals surface area contributed by atoms with E-state index in [4.69, 9.17) is 4.99 Å². The minimum Gasteiger partial charge on any atom is -0.252 e. The van der Waals surface area contributed by atoms with E-state index in [1.807, 2.05) is 0 Å². The van der Waals surface area contributed by atoms with Crippen LogP contribution in [0.1, 0.15) is 16.7 Å². The van der Waals surface area contributed by atoms with Gasteiger partial charge in [-0.25, -0.2) is 0 Å². The van der Waals surface area contributed by atoms with Crippen LogP contribution >= 0.6 is 0 Å². The van der Waals surface area contributed by atoms with Crippen molar-refractivity contribution in [1.82, 2.24) is 0 Å². The predicted molar refractivity (Wildman–Crippen MR) is 240 cm³/mol. The number of hydrogen-bond acceptors (Lipinski definition) is 1. The van der Waals surface area contributed by atoms with Crippen LogP contribution in [-0.2, 0) is 6.42 Å². The van der Waals surface area contributed by atoms with E-state index in [0.29, 0.717) is 0 Å². The highest BCUT2D eigenvalue weighted by molar-refractivity contribution is 6.22. The molecule has 0 aliphatic carbocycles. The normalized spacial score (nSPS) is 11.8. The Balaban J connectivity index is 1.16. The SMILES string of the molecule is Cc1ccccc1N=C(Cc1ccccc1)c1ccc(-c2ccc3c(-c4ccc5ccccc5c4)c4ccccc4c(-c4ccc5ccccc5c4)c3c2)cc1. The molecule has 56 heavy (non-hydrogen) atoms. The van der Waals surface area contributed by atoms with Crippen LogP contribution in [-0.4, -0.2) is 5.71 Å². The Morgan fingerprint density at radius 3 is 1.52 bits per heavy atom. The third kappa shape index (κ3) is 6.24. The Hall–Kier alpha value is -7.09. The van der Waals surface area contributed by atoms with Gasteiger partial charge in [0.05, 0.1) is 11.4 Å². The first-order valence-corrected chi connectivity index (χ1v) is 19.4. The molecular formula is C55H39N. The summed E-state index contributed by atoms with van der Waals surface area (Å²) >= 11 is 0. The van der Waals surface area contributed by atoms with Crippen molar-refractivity contribution < 1.29 is 0 Å². The van der Waals surface area contributed by atoms with Crippen LogP contribution < -0.4 is 0 Å². The van der Waals surface area contributed by atoms with Gasteiger partial charge in [0.2, 0.25) is 0 Å². The molecule has 0 aliphatic rings. The maximum atomic E-state index is 5.24. The Bertz CT molecular complexity index is 3100. The Morgan fingerprint density at radius 2 is 0.875 bits per heavy atom. The average molecular weight is 714 g/mol. The minimum atomic E-state index is 0.754. The Labute approximate surface area is 327 Å². The molecule has 0 aromatic heterocycles. The second-order valence-electron chi connectivity index (χ2n) is 14.8. The molecule has 0 atom stereocenters. The number of aliphatic imine (C=N–C) groups is 1. The van der Waals surface area contributed by atoms with Crippen LogP contribution in [0.25, 0.3) is 76.5 Å². The number of benzene rings is 10. The zero-order valence-electron chi connectivity index (χ0n) is 31.3. The summed E-state index contributed by atoms with van der Waals surface area (Å²) in [5.41, 5.74) is 13.0. The van der Waals surface area contributed by atoms with Crippen LogP contribution in [0.4, 0.5) is 5.69 Å². The predicted octanol–water partition coefficient (Wildman–Crippen LogP) is 15.0. The highest BCUT2D eigenvalue weighted by Crippen LogP contribution is 2.45. The van der Waals surface area contributed by atoms with Crippen LogP contribution in [0, 0.1) is 6.92 Å². The highest BCUT2D eigenvalue weighted by atomic mass is 14.8. The summed E-state index contributed by atoms with van der Waals surface area (Å²) in [6.45, 7) is 2.13. The summed E-state index contributed by atoms with van der Waals surface area (Å²) in [5.74, 6) is 0. The van der Waals surface area contributed by atoms with E-state index in [-0.39, 0.29) is 0 Å². The Kier molecular flexibility index (Phi) is 8.54. The monoisotopic (exact) mass is 713 g/mol. The molecule has 0 saturated heterocycles. The van der Waals surface area contributed by atoms with Crippen molar-refractivity contribution >= 4 is 54.5 Å². The zero-order valence-corrected chi connectivity index (χ0v) is 31.3. The lowest BCUT2D eigenvalue weighted by Crippen LogP contribution is -2.05. The molecule has 1 nitrogen and oxygen atoms in total. The largest absolute Gasteiger partial charge is 0.252 e. The first-order chi connectivity index (χ1) is 27.7. The van der Waals surface area contributed by atoms with E-state index < -0.39 is 0 Å². The molecule has 0 heterocycles.